The molecule has 0 atom stereocenters. The van der Waals surface area contributed by atoms with E-state index in [1.165, 1.54) is 12.8 Å². The standard InChI is InChI=1S/C22H23N9/c1-29-9-8-13-4-7-16(25-21(13)29)18-11-20(30(2)28-18)26-19-10-17(24-14-5-6-14)15-12-23-31(3)22(15)27-19/h4,7-12,14H,5-6H2,1-3H3,(H2,24,26,27). The number of anilines is 3. The van der Waals surface area contributed by atoms with Crippen LogP contribution in [0.5, 0.6) is 0 Å². The maximum atomic E-state index is 4.79. The third kappa shape index (κ3) is 3.09. The largest absolute Gasteiger partial charge is 0.382 e. The first kappa shape index (κ1) is 17.9. The second-order valence-corrected chi connectivity index (χ2v) is 8.18. The summed E-state index contributed by atoms with van der Waals surface area (Å²) in [6, 6.07) is 10.7. The summed E-state index contributed by atoms with van der Waals surface area (Å²) in [5, 5.41) is 18.2. The average molecular weight is 413 g/mol. The molecule has 0 unspecified atom stereocenters. The number of pyridine rings is 2. The van der Waals surface area contributed by atoms with Gasteiger partial charge in [0.25, 0.3) is 0 Å². The van der Waals surface area contributed by atoms with E-state index in [4.69, 9.17) is 9.97 Å². The predicted molar refractivity (Wildman–Crippen MR) is 121 cm³/mol. The van der Waals surface area contributed by atoms with Gasteiger partial charge in [-0.15, -0.1) is 0 Å². The summed E-state index contributed by atoms with van der Waals surface area (Å²) in [7, 11) is 5.82. The zero-order valence-electron chi connectivity index (χ0n) is 17.7. The molecule has 0 saturated heterocycles. The van der Waals surface area contributed by atoms with E-state index >= 15 is 0 Å². The number of aryl methyl sites for hydroxylation is 3. The Hall–Kier alpha value is -3.88. The van der Waals surface area contributed by atoms with Crippen molar-refractivity contribution in [1.82, 2.24) is 34.1 Å². The van der Waals surface area contributed by atoms with Crippen molar-refractivity contribution in [3.63, 3.8) is 0 Å². The highest BCUT2D eigenvalue weighted by atomic mass is 15.3. The zero-order chi connectivity index (χ0) is 21.1. The Labute approximate surface area is 178 Å². The van der Waals surface area contributed by atoms with Gasteiger partial charge in [0.15, 0.2) is 5.65 Å². The topological polar surface area (TPSA) is 90.4 Å². The Bertz CT molecular complexity index is 1430. The molecule has 5 heterocycles. The van der Waals surface area contributed by atoms with Gasteiger partial charge in [0.1, 0.15) is 23.0 Å². The fraction of sp³-hybridized carbons (Fsp3) is 0.273. The van der Waals surface area contributed by atoms with Gasteiger partial charge >= 0.3 is 0 Å². The minimum Gasteiger partial charge on any atom is -0.382 e. The van der Waals surface area contributed by atoms with Crippen molar-refractivity contribution >= 4 is 39.4 Å². The first-order valence-electron chi connectivity index (χ1n) is 10.4. The number of hydrogen-bond donors (Lipinski definition) is 2. The number of nitrogens with zero attached hydrogens (tertiary/aromatic N) is 7. The second-order valence-electron chi connectivity index (χ2n) is 8.18. The average Bonchev–Trinajstić information content (AvgIpc) is 3.23. The van der Waals surface area contributed by atoms with E-state index in [1.807, 2.05) is 61.0 Å². The Morgan fingerprint density at radius 3 is 2.65 bits per heavy atom. The van der Waals surface area contributed by atoms with Crippen molar-refractivity contribution in [3.8, 4) is 11.4 Å². The molecule has 0 radical (unpaired) electrons. The molecule has 0 amide bonds. The van der Waals surface area contributed by atoms with Gasteiger partial charge in [0.05, 0.1) is 23.0 Å². The monoisotopic (exact) mass is 413 g/mol. The van der Waals surface area contributed by atoms with Gasteiger partial charge in [-0.1, -0.05) is 0 Å². The van der Waals surface area contributed by atoms with E-state index in [0.29, 0.717) is 6.04 Å². The predicted octanol–water partition coefficient (Wildman–Crippen LogP) is 3.57. The lowest BCUT2D eigenvalue weighted by molar-refractivity contribution is 0.776. The van der Waals surface area contributed by atoms with Gasteiger partial charge in [-0.3, -0.25) is 9.36 Å². The summed E-state index contributed by atoms with van der Waals surface area (Å²) < 4.78 is 5.63. The molecule has 1 fully saturated rings. The number of rotatable bonds is 5. The van der Waals surface area contributed by atoms with E-state index in [-0.39, 0.29) is 0 Å². The number of aromatic nitrogens is 7. The number of fused-ring (bicyclic) bond motifs is 2. The lowest BCUT2D eigenvalue weighted by Gasteiger charge is -2.11. The molecule has 9 heteroatoms. The van der Waals surface area contributed by atoms with E-state index < -0.39 is 0 Å². The highest BCUT2D eigenvalue weighted by Crippen LogP contribution is 2.32. The first-order valence-corrected chi connectivity index (χ1v) is 10.4. The molecule has 1 saturated carbocycles. The van der Waals surface area contributed by atoms with Crippen LogP contribution in [-0.2, 0) is 21.1 Å². The minimum absolute atomic E-state index is 0.542. The molecule has 0 spiro atoms. The summed E-state index contributed by atoms with van der Waals surface area (Å²) in [5.41, 5.74) is 4.49. The SMILES string of the molecule is Cn1nc(-c2ccc3ccn(C)c3n2)cc1Nc1cc(NC2CC2)c2cnn(C)c2n1. The normalized spacial score (nSPS) is 13.9. The van der Waals surface area contributed by atoms with Crippen molar-refractivity contribution < 1.29 is 0 Å². The smallest absolute Gasteiger partial charge is 0.161 e. The fourth-order valence-electron chi connectivity index (χ4n) is 3.86. The van der Waals surface area contributed by atoms with E-state index in [0.717, 1.165) is 50.8 Å². The van der Waals surface area contributed by atoms with Crippen LogP contribution in [0, 0.1) is 0 Å². The van der Waals surface area contributed by atoms with Crippen LogP contribution in [0.15, 0.2) is 42.7 Å². The van der Waals surface area contributed by atoms with Crippen molar-refractivity contribution in [2.24, 2.45) is 21.1 Å². The zero-order valence-corrected chi connectivity index (χ0v) is 17.7. The van der Waals surface area contributed by atoms with Gasteiger partial charge < -0.3 is 15.2 Å². The van der Waals surface area contributed by atoms with Crippen LogP contribution < -0.4 is 10.6 Å². The van der Waals surface area contributed by atoms with Crippen LogP contribution in [0.1, 0.15) is 12.8 Å². The molecule has 2 N–H and O–H groups in total. The third-order valence-electron chi connectivity index (χ3n) is 5.76. The highest BCUT2D eigenvalue weighted by Gasteiger charge is 2.23. The van der Waals surface area contributed by atoms with Gasteiger partial charge in [0, 0.05) is 50.9 Å². The quantitative estimate of drug-likeness (QED) is 0.458. The molecule has 0 aromatic carbocycles. The van der Waals surface area contributed by atoms with Gasteiger partial charge in [-0.2, -0.15) is 10.2 Å². The van der Waals surface area contributed by atoms with Gasteiger partial charge in [0.2, 0.25) is 0 Å². The van der Waals surface area contributed by atoms with Crippen molar-refractivity contribution in [2.45, 2.75) is 18.9 Å². The van der Waals surface area contributed by atoms with Crippen molar-refractivity contribution in [1.29, 1.82) is 0 Å². The Balaban J connectivity index is 1.36. The Morgan fingerprint density at radius 2 is 1.81 bits per heavy atom. The molecule has 1 aliphatic rings. The van der Waals surface area contributed by atoms with E-state index in [1.54, 1.807) is 4.68 Å². The highest BCUT2D eigenvalue weighted by molar-refractivity contribution is 5.91. The van der Waals surface area contributed by atoms with E-state index in [9.17, 15) is 0 Å². The lowest BCUT2D eigenvalue weighted by Crippen LogP contribution is -2.05. The summed E-state index contributed by atoms with van der Waals surface area (Å²) >= 11 is 0. The molecular formula is C22H23N9. The molecule has 5 aromatic heterocycles. The molecule has 6 rings (SSSR count). The fourth-order valence-corrected chi connectivity index (χ4v) is 3.86. The molecule has 5 aromatic rings. The molecule has 156 valence electrons. The molecular weight excluding hydrogens is 390 g/mol. The molecule has 9 nitrogen and oxygen atoms in total. The maximum Gasteiger partial charge on any atom is 0.161 e. The summed E-state index contributed by atoms with van der Waals surface area (Å²) in [5.74, 6) is 1.59. The molecule has 0 bridgehead atoms. The van der Waals surface area contributed by atoms with Crippen LogP contribution in [0.2, 0.25) is 0 Å². The lowest BCUT2D eigenvalue weighted by atomic mass is 10.2. The van der Waals surface area contributed by atoms with Crippen LogP contribution in [0.3, 0.4) is 0 Å². The Morgan fingerprint density at radius 1 is 0.935 bits per heavy atom. The van der Waals surface area contributed by atoms with E-state index in [2.05, 4.69) is 33.0 Å². The third-order valence-corrected chi connectivity index (χ3v) is 5.76. The molecule has 0 aliphatic heterocycles. The van der Waals surface area contributed by atoms with Crippen LogP contribution in [-0.4, -0.2) is 40.1 Å². The minimum atomic E-state index is 0.542. The van der Waals surface area contributed by atoms with Crippen molar-refractivity contribution in [3.05, 3.63) is 42.7 Å². The van der Waals surface area contributed by atoms with Crippen LogP contribution >= 0.6 is 0 Å². The molecule has 31 heavy (non-hydrogen) atoms. The number of nitrogens with one attached hydrogen (secondary N) is 2. The number of hydrogen-bond acceptors (Lipinski definition) is 6. The first-order chi connectivity index (χ1) is 15.0. The maximum absolute atomic E-state index is 4.79. The van der Waals surface area contributed by atoms with Crippen molar-refractivity contribution in [2.75, 3.05) is 10.6 Å². The van der Waals surface area contributed by atoms with Crippen LogP contribution in [0.25, 0.3) is 33.5 Å². The second kappa shape index (κ2) is 6.56. The summed E-state index contributed by atoms with van der Waals surface area (Å²) in [4.78, 5) is 9.56. The van der Waals surface area contributed by atoms with Gasteiger partial charge in [-0.25, -0.2) is 9.97 Å². The summed E-state index contributed by atoms with van der Waals surface area (Å²) in [6.45, 7) is 0. The van der Waals surface area contributed by atoms with Gasteiger partial charge in [-0.05, 0) is 31.0 Å². The Kier molecular flexibility index (Phi) is 3.80. The van der Waals surface area contributed by atoms with Crippen LogP contribution in [0.4, 0.5) is 17.3 Å². The summed E-state index contributed by atoms with van der Waals surface area (Å²) in [6.07, 6.45) is 6.29. The molecule has 1 aliphatic carbocycles.